The van der Waals surface area contributed by atoms with Gasteiger partial charge >= 0.3 is 0 Å². The Morgan fingerprint density at radius 3 is 2.74 bits per heavy atom. The number of hydrogen-bond donors (Lipinski definition) is 2. The third-order valence-corrected chi connectivity index (χ3v) is 3.90. The molecule has 23 heavy (non-hydrogen) atoms. The molecule has 122 valence electrons. The zero-order valence-corrected chi connectivity index (χ0v) is 14.1. The highest BCUT2D eigenvalue weighted by atomic mass is 15.3. The normalized spacial score (nSPS) is 14.8. The molecule has 0 spiro atoms. The maximum Gasteiger partial charge on any atom is 0.191 e. The average molecular weight is 311 g/mol. The van der Waals surface area contributed by atoms with Gasteiger partial charge in [0.15, 0.2) is 5.96 Å². The van der Waals surface area contributed by atoms with Crippen LogP contribution in [-0.2, 0) is 6.54 Å². The van der Waals surface area contributed by atoms with E-state index in [0.717, 1.165) is 29.6 Å². The average Bonchev–Trinajstić information content (AvgIpc) is 3.28. The van der Waals surface area contributed by atoms with Gasteiger partial charge in [0.25, 0.3) is 0 Å². The molecular weight excluding hydrogens is 286 g/mol. The number of benzene rings is 1. The molecular formula is C18H25N5. The Hall–Kier alpha value is -2.30. The summed E-state index contributed by atoms with van der Waals surface area (Å²) in [7, 11) is 0. The monoisotopic (exact) mass is 311 g/mol. The van der Waals surface area contributed by atoms with Crippen LogP contribution in [-0.4, -0.2) is 28.3 Å². The first kappa shape index (κ1) is 15.6. The molecule has 1 aliphatic rings. The van der Waals surface area contributed by atoms with Crippen LogP contribution in [0.3, 0.4) is 0 Å². The summed E-state index contributed by atoms with van der Waals surface area (Å²) in [5.74, 6) is 0.901. The maximum absolute atomic E-state index is 4.74. The van der Waals surface area contributed by atoms with E-state index in [1.165, 1.54) is 18.4 Å². The molecule has 1 aromatic carbocycles. The molecule has 2 aromatic rings. The van der Waals surface area contributed by atoms with Crippen LogP contribution in [0.15, 0.2) is 35.3 Å². The third kappa shape index (κ3) is 3.92. The summed E-state index contributed by atoms with van der Waals surface area (Å²) in [5, 5.41) is 11.4. The Kier molecular flexibility index (Phi) is 4.65. The van der Waals surface area contributed by atoms with Crippen molar-refractivity contribution in [1.29, 1.82) is 0 Å². The number of guanidine groups is 1. The van der Waals surface area contributed by atoms with Crippen molar-refractivity contribution in [3.8, 4) is 5.69 Å². The summed E-state index contributed by atoms with van der Waals surface area (Å²) in [5.41, 5.74) is 4.45. The van der Waals surface area contributed by atoms with Gasteiger partial charge in [-0.1, -0.05) is 18.2 Å². The number of rotatable bonds is 5. The molecule has 0 bridgehead atoms. The molecule has 0 amide bonds. The molecule has 0 atom stereocenters. The highest BCUT2D eigenvalue weighted by Gasteiger charge is 2.22. The number of aryl methyl sites for hydroxylation is 2. The van der Waals surface area contributed by atoms with Crippen LogP contribution >= 0.6 is 0 Å². The Balaban J connectivity index is 1.83. The lowest BCUT2D eigenvalue weighted by molar-refractivity contribution is 0.799. The second-order valence-corrected chi connectivity index (χ2v) is 6.08. The number of para-hydroxylation sites is 1. The lowest BCUT2D eigenvalue weighted by Gasteiger charge is -2.12. The summed E-state index contributed by atoms with van der Waals surface area (Å²) in [6, 6.07) is 11.0. The zero-order chi connectivity index (χ0) is 16.2. The van der Waals surface area contributed by atoms with E-state index in [-0.39, 0.29) is 0 Å². The highest BCUT2D eigenvalue weighted by molar-refractivity contribution is 5.80. The molecule has 1 saturated carbocycles. The molecule has 5 heteroatoms. The van der Waals surface area contributed by atoms with Gasteiger partial charge < -0.3 is 10.6 Å². The Labute approximate surface area is 137 Å². The lowest BCUT2D eigenvalue weighted by Crippen LogP contribution is -2.38. The van der Waals surface area contributed by atoms with E-state index >= 15 is 0 Å². The summed E-state index contributed by atoms with van der Waals surface area (Å²) >= 11 is 0. The SMILES string of the molecule is CCNC(=NCc1ccccc1-n1nc(C)cc1C)NC1CC1. The fourth-order valence-corrected chi connectivity index (χ4v) is 2.63. The summed E-state index contributed by atoms with van der Waals surface area (Å²) in [6.07, 6.45) is 2.49. The van der Waals surface area contributed by atoms with Crippen molar-refractivity contribution in [3.05, 3.63) is 47.3 Å². The van der Waals surface area contributed by atoms with Gasteiger partial charge in [0.05, 0.1) is 17.9 Å². The molecule has 1 heterocycles. The minimum absolute atomic E-state index is 0.596. The Morgan fingerprint density at radius 2 is 2.09 bits per heavy atom. The van der Waals surface area contributed by atoms with E-state index in [9.17, 15) is 0 Å². The summed E-state index contributed by atoms with van der Waals surface area (Å²) < 4.78 is 2.00. The molecule has 1 aromatic heterocycles. The topological polar surface area (TPSA) is 54.2 Å². The van der Waals surface area contributed by atoms with Gasteiger partial charge in [0.2, 0.25) is 0 Å². The minimum Gasteiger partial charge on any atom is -0.357 e. The van der Waals surface area contributed by atoms with Crippen LogP contribution in [0.5, 0.6) is 0 Å². The van der Waals surface area contributed by atoms with Gasteiger partial charge in [-0.25, -0.2) is 9.67 Å². The van der Waals surface area contributed by atoms with E-state index in [1.54, 1.807) is 0 Å². The molecule has 2 N–H and O–H groups in total. The van der Waals surface area contributed by atoms with Crippen molar-refractivity contribution in [1.82, 2.24) is 20.4 Å². The fourth-order valence-electron chi connectivity index (χ4n) is 2.63. The van der Waals surface area contributed by atoms with Crippen LogP contribution in [0.25, 0.3) is 5.69 Å². The molecule has 0 radical (unpaired) electrons. The summed E-state index contributed by atoms with van der Waals surface area (Å²) in [4.78, 5) is 4.74. The molecule has 0 unspecified atom stereocenters. The second-order valence-electron chi connectivity index (χ2n) is 6.08. The van der Waals surface area contributed by atoms with Gasteiger partial charge in [-0.2, -0.15) is 5.10 Å². The van der Waals surface area contributed by atoms with Gasteiger partial charge in [-0.3, -0.25) is 0 Å². The number of aliphatic imine (C=N–C) groups is 1. The van der Waals surface area contributed by atoms with E-state index in [0.29, 0.717) is 12.6 Å². The van der Waals surface area contributed by atoms with Crippen molar-refractivity contribution in [2.45, 2.75) is 46.2 Å². The van der Waals surface area contributed by atoms with Gasteiger partial charge in [0, 0.05) is 18.3 Å². The number of nitrogens with one attached hydrogen (secondary N) is 2. The van der Waals surface area contributed by atoms with Crippen LogP contribution in [0, 0.1) is 13.8 Å². The predicted octanol–water partition coefficient (Wildman–Crippen LogP) is 2.71. The predicted molar refractivity (Wildman–Crippen MR) is 94.0 cm³/mol. The molecule has 0 saturated heterocycles. The number of aromatic nitrogens is 2. The van der Waals surface area contributed by atoms with E-state index in [4.69, 9.17) is 4.99 Å². The van der Waals surface area contributed by atoms with Crippen molar-refractivity contribution in [2.75, 3.05) is 6.54 Å². The number of hydrogen-bond acceptors (Lipinski definition) is 2. The first-order valence-corrected chi connectivity index (χ1v) is 8.33. The maximum atomic E-state index is 4.74. The van der Waals surface area contributed by atoms with Gasteiger partial charge in [-0.05, 0) is 51.3 Å². The summed E-state index contributed by atoms with van der Waals surface area (Å²) in [6.45, 7) is 7.70. The first-order valence-electron chi connectivity index (χ1n) is 8.33. The highest BCUT2D eigenvalue weighted by Crippen LogP contribution is 2.19. The fraction of sp³-hybridized carbons (Fsp3) is 0.444. The molecule has 5 nitrogen and oxygen atoms in total. The van der Waals surface area contributed by atoms with Gasteiger partial charge in [-0.15, -0.1) is 0 Å². The van der Waals surface area contributed by atoms with Crippen molar-refractivity contribution in [2.24, 2.45) is 4.99 Å². The van der Waals surface area contributed by atoms with Crippen molar-refractivity contribution < 1.29 is 0 Å². The quantitative estimate of drug-likeness (QED) is 0.659. The molecule has 0 aliphatic heterocycles. The lowest BCUT2D eigenvalue weighted by atomic mass is 10.2. The first-order chi connectivity index (χ1) is 11.2. The smallest absolute Gasteiger partial charge is 0.191 e. The standard InChI is InChI=1S/C18H25N5/c1-4-19-18(21-16-9-10-16)20-12-15-7-5-6-8-17(15)23-14(3)11-13(2)22-23/h5-8,11,16H,4,9-10,12H2,1-3H3,(H2,19,20,21). The Bertz CT molecular complexity index is 697. The Morgan fingerprint density at radius 1 is 1.30 bits per heavy atom. The number of nitrogens with zero attached hydrogens (tertiary/aromatic N) is 3. The molecule has 1 fully saturated rings. The van der Waals surface area contributed by atoms with E-state index < -0.39 is 0 Å². The van der Waals surface area contributed by atoms with Crippen molar-refractivity contribution >= 4 is 5.96 Å². The van der Waals surface area contributed by atoms with E-state index in [1.807, 2.05) is 17.7 Å². The van der Waals surface area contributed by atoms with Crippen LogP contribution in [0.1, 0.15) is 36.7 Å². The van der Waals surface area contributed by atoms with E-state index in [2.05, 4.69) is 53.8 Å². The zero-order valence-electron chi connectivity index (χ0n) is 14.1. The molecule has 3 rings (SSSR count). The molecule has 1 aliphatic carbocycles. The third-order valence-electron chi connectivity index (χ3n) is 3.90. The largest absolute Gasteiger partial charge is 0.357 e. The van der Waals surface area contributed by atoms with Crippen LogP contribution in [0.4, 0.5) is 0 Å². The minimum atomic E-state index is 0.596. The van der Waals surface area contributed by atoms with Crippen LogP contribution in [0.2, 0.25) is 0 Å². The van der Waals surface area contributed by atoms with Crippen molar-refractivity contribution in [3.63, 3.8) is 0 Å². The van der Waals surface area contributed by atoms with Crippen LogP contribution < -0.4 is 10.6 Å². The van der Waals surface area contributed by atoms with Gasteiger partial charge in [0.1, 0.15) is 0 Å². The second kappa shape index (κ2) is 6.86.